The number of hydrogen-bond acceptors (Lipinski definition) is 7. The van der Waals surface area contributed by atoms with E-state index in [9.17, 15) is 33.2 Å². The van der Waals surface area contributed by atoms with E-state index in [0.29, 0.717) is 12.5 Å². The second-order valence-corrected chi connectivity index (χ2v) is 11.8. The van der Waals surface area contributed by atoms with Crippen LogP contribution in [0.4, 0.5) is 19.3 Å². The van der Waals surface area contributed by atoms with Crippen LogP contribution in [0, 0.1) is 40.7 Å². The Kier molecular flexibility index (Phi) is 6.54. The minimum atomic E-state index is -1.77. The molecule has 218 valence electrons. The second-order valence-electron chi connectivity index (χ2n) is 11.8. The number of ether oxygens (including phenoxy) is 2. The molecular weight excluding hydrogens is 540 g/mol. The van der Waals surface area contributed by atoms with E-state index in [4.69, 9.17) is 9.47 Å². The summed E-state index contributed by atoms with van der Waals surface area (Å²) < 4.78 is 39.5. The summed E-state index contributed by atoms with van der Waals surface area (Å²) in [7, 11) is 1.46. The average Bonchev–Trinajstić information content (AvgIpc) is 3.87. The highest BCUT2D eigenvalue weighted by Gasteiger charge is 2.62. The predicted molar refractivity (Wildman–Crippen MR) is 137 cm³/mol. The monoisotopic (exact) mass is 571 g/mol. The van der Waals surface area contributed by atoms with Crippen molar-refractivity contribution in [3.05, 3.63) is 23.8 Å². The standard InChI is InChI=1S/C28H31F2N5O6/c1-32-25(38)28(11-16-4-5-16,35-6-7-40-26(35)39)19(8-15-2-3-15)23(36)34-14-27(12-18(34)13-31)24(37)33-22-20(30)9-17(29)10-21(22)41-27/h9-10,15-16,18-19H,2-8,11-12,14H2,1H3,(H,32,38)(H,33,37)/t18-,19+,27+,28?/m0/s1. The zero-order valence-electron chi connectivity index (χ0n) is 22.6. The van der Waals surface area contributed by atoms with Gasteiger partial charge in [0, 0.05) is 25.6 Å². The van der Waals surface area contributed by atoms with Gasteiger partial charge in [0.15, 0.2) is 11.6 Å². The van der Waals surface area contributed by atoms with E-state index in [1.54, 1.807) is 0 Å². The number of halogens is 2. The van der Waals surface area contributed by atoms with Gasteiger partial charge in [0.25, 0.3) is 5.91 Å². The lowest BCUT2D eigenvalue weighted by atomic mass is 9.73. The van der Waals surface area contributed by atoms with E-state index in [1.165, 1.54) is 16.8 Å². The maximum atomic E-state index is 14.6. The van der Waals surface area contributed by atoms with E-state index in [2.05, 4.69) is 16.7 Å². The first-order chi connectivity index (χ1) is 19.6. The number of carbonyl (C=O) groups is 4. The van der Waals surface area contributed by atoms with Crippen LogP contribution in [0.2, 0.25) is 0 Å². The molecule has 13 heteroatoms. The number of likely N-dealkylation sites (tertiary alicyclic amines) is 1. The quantitative estimate of drug-likeness (QED) is 0.488. The summed E-state index contributed by atoms with van der Waals surface area (Å²) in [6, 6.07) is 2.51. The van der Waals surface area contributed by atoms with Crippen molar-refractivity contribution in [3.8, 4) is 11.8 Å². The minimum absolute atomic E-state index is 0.0841. The molecule has 11 nitrogen and oxygen atoms in total. The first-order valence-corrected chi connectivity index (χ1v) is 14.0. The summed E-state index contributed by atoms with van der Waals surface area (Å²) in [5.74, 6) is -4.65. The Labute approximate surface area is 235 Å². The molecule has 1 aromatic carbocycles. The maximum absolute atomic E-state index is 14.6. The molecule has 5 aliphatic rings. The molecule has 0 aromatic heterocycles. The van der Waals surface area contributed by atoms with Crippen molar-refractivity contribution < 1.29 is 37.4 Å². The fourth-order valence-corrected chi connectivity index (χ4v) is 6.63. The molecule has 1 spiro atoms. The summed E-state index contributed by atoms with van der Waals surface area (Å²) in [4.78, 5) is 57.3. The lowest BCUT2D eigenvalue weighted by Crippen LogP contribution is -2.66. The highest BCUT2D eigenvalue weighted by atomic mass is 19.1. The molecule has 2 N–H and O–H groups in total. The third-order valence-corrected chi connectivity index (χ3v) is 9.03. The Morgan fingerprint density at radius 3 is 2.59 bits per heavy atom. The Balaban J connectivity index is 1.39. The van der Waals surface area contributed by atoms with Crippen LogP contribution in [-0.2, 0) is 19.1 Å². The highest BCUT2D eigenvalue weighted by molar-refractivity contribution is 6.02. The van der Waals surface area contributed by atoms with Crippen LogP contribution in [0.15, 0.2) is 12.1 Å². The van der Waals surface area contributed by atoms with Crippen molar-refractivity contribution in [2.24, 2.45) is 17.8 Å². The Hall–Kier alpha value is -3.95. The Morgan fingerprint density at radius 1 is 1.24 bits per heavy atom. The molecule has 0 radical (unpaired) electrons. The number of cyclic esters (lactones) is 1. The maximum Gasteiger partial charge on any atom is 0.410 e. The molecule has 3 heterocycles. The normalized spacial score (nSPS) is 27.3. The van der Waals surface area contributed by atoms with Crippen LogP contribution in [-0.4, -0.2) is 77.5 Å². The van der Waals surface area contributed by atoms with Crippen LogP contribution in [0.5, 0.6) is 5.75 Å². The molecule has 4 fully saturated rings. The van der Waals surface area contributed by atoms with Gasteiger partial charge in [-0.2, -0.15) is 5.26 Å². The molecule has 3 aliphatic heterocycles. The molecule has 2 saturated carbocycles. The number of anilines is 1. The molecule has 0 bridgehead atoms. The zero-order valence-corrected chi connectivity index (χ0v) is 22.6. The van der Waals surface area contributed by atoms with E-state index >= 15 is 0 Å². The van der Waals surface area contributed by atoms with Crippen LogP contribution in [0.3, 0.4) is 0 Å². The molecule has 2 aliphatic carbocycles. The lowest BCUT2D eigenvalue weighted by molar-refractivity contribution is -0.151. The molecule has 1 unspecified atom stereocenters. The first kappa shape index (κ1) is 27.2. The Bertz CT molecular complexity index is 1360. The van der Waals surface area contributed by atoms with Crippen LogP contribution in [0.1, 0.15) is 44.9 Å². The van der Waals surface area contributed by atoms with Gasteiger partial charge in [-0.3, -0.25) is 19.3 Å². The van der Waals surface area contributed by atoms with E-state index in [0.717, 1.165) is 31.7 Å². The summed E-state index contributed by atoms with van der Waals surface area (Å²) in [6.07, 6.45) is 3.13. The number of fused-ring (bicyclic) bond motifs is 1. The van der Waals surface area contributed by atoms with Gasteiger partial charge in [-0.25, -0.2) is 13.6 Å². The third-order valence-electron chi connectivity index (χ3n) is 9.03. The fraction of sp³-hybridized carbons (Fsp3) is 0.607. The smallest absolute Gasteiger partial charge is 0.410 e. The molecule has 4 atom stereocenters. The van der Waals surface area contributed by atoms with Gasteiger partial charge >= 0.3 is 6.09 Å². The summed E-state index contributed by atoms with van der Waals surface area (Å²) in [5, 5.41) is 15.2. The van der Waals surface area contributed by atoms with Gasteiger partial charge in [-0.15, -0.1) is 0 Å². The predicted octanol–water partition coefficient (Wildman–Crippen LogP) is 2.31. The zero-order chi connectivity index (χ0) is 29.1. The number of likely N-dealkylation sites (N-methyl/N-ethyl adjacent to an activating group) is 1. The van der Waals surface area contributed by atoms with Crippen molar-refractivity contribution in [2.45, 2.75) is 62.1 Å². The molecule has 41 heavy (non-hydrogen) atoms. The summed E-state index contributed by atoms with van der Waals surface area (Å²) in [6.45, 7) is -0.147. The molecule has 4 amide bonds. The van der Waals surface area contributed by atoms with Gasteiger partial charge in [0.1, 0.15) is 29.7 Å². The second kappa shape index (κ2) is 9.85. The summed E-state index contributed by atoms with van der Waals surface area (Å²) >= 11 is 0. The van der Waals surface area contributed by atoms with Gasteiger partial charge in [0.05, 0.1) is 25.1 Å². The van der Waals surface area contributed by atoms with Crippen LogP contribution < -0.4 is 15.4 Å². The van der Waals surface area contributed by atoms with Crippen molar-refractivity contribution in [3.63, 3.8) is 0 Å². The van der Waals surface area contributed by atoms with Crippen LogP contribution in [0.25, 0.3) is 0 Å². The summed E-state index contributed by atoms with van der Waals surface area (Å²) in [5.41, 5.74) is -3.64. The van der Waals surface area contributed by atoms with E-state index < -0.39 is 58.5 Å². The topological polar surface area (TPSA) is 141 Å². The molecule has 1 aromatic rings. The van der Waals surface area contributed by atoms with E-state index in [1.807, 2.05) is 0 Å². The lowest BCUT2D eigenvalue weighted by Gasteiger charge is -2.45. The highest BCUT2D eigenvalue weighted by Crippen LogP contribution is 2.49. The molecule has 2 saturated heterocycles. The minimum Gasteiger partial charge on any atom is -0.473 e. The molecule has 6 rings (SSSR count). The van der Waals surface area contributed by atoms with Crippen LogP contribution >= 0.6 is 0 Å². The SMILES string of the molecule is CNC(=O)C(CC1CC1)([C@H](CC1CC1)C(=O)N1C[C@@]2(C[C@H]1C#N)Oc1cc(F)cc(F)c1NC2=O)N1CCOC1=O. The van der Waals surface area contributed by atoms with Crippen molar-refractivity contribution >= 4 is 29.5 Å². The number of nitrogens with zero attached hydrogens (tertiary/aromatic N) is 3. The number of amides is 4. The Morgan fingerprint density at radius 2 is 1.98 bits per heavy atom. The average molecular weight is 572 g/mol. The van der Waals surface area contributed by atoms with Gasteiger partial charge in [-0.05, 0) is 24.7 Å². The number of rotatable bonds is 8. The van der Waals surface area contributed by atoms with Crippen molar-refractivity contribution in [2.75, 3.05) is 32.1 Å². The van der Waals surface area contributed by atoms with Gasteiger partial charge < -0.3 is 25.0 Å². The first-order valence-electron chi connectivity index (χ1n) is 14.0. The number of hydrogen-bond donors (Lipinski definition) is 2. The third kappa shape index (κ3) is 4.53. The van der Waals surface area contributed by atoms with E-state index in [-0.39, 0.29) is 55.8 Å². The number of benzene rings is 1. The van der Waals surface area contributed by atoms with Crippen molar-refractivity contribution in [1.82, 2.24) is 15.1 Å². The number of nitriles is 1. The van der Waals surface area contributed by atoms with Crippen molar-refractivity contribution in [1.29, 1.82) is 5.26 Å². The van der Waals surface area contributed by atoms with Gasteiger partial charge in [0.2, 0.25) is 17.4 Å². The fourth-order valence-electron chi connectivity index (χ4n) is 6.63. The number of carbonyl (C=O) groups excluding carboxylic acids is 4. The molecular formula is C28H31F2N5O6. The number of nitrogens with one attached hydrogen (secondary N) is 2. The largest absolute Gasteiger partial charge is 0.473 e. The van der Waals surface area contributed by atoms with Gasteiger partial charge in [-0.1, -0.05) is 25.7 Å².